The molecule has 2 heterocycles. The number of H-pyrrole nitrogens is 1. The molecule has 0 fully saturated rings. The van der Waals surface area contributed by atoms with Gasteiger partial charge in [-0.3, -0.25) is 4.79 Å². The van der Waals surface area contributed by atoms with Gasteiger partial charge in [0.25, 0.3) is 5.56 Å². The van der Waals surface area contributed by atoms with Gasteiger partial charge in [0.15, 0.2) is 0 Å². The maximum absolute atomic E-state index is 13.2. The molecule has 0 aliphatic rings. The lowest BCUT2D eigenvalue weighted by atomic mass is 10.2. The largest absolute Gasteiger partial charge is 0.384 e. The fourth-order valence-corrected chi connectivity index (χ4v) is 4.58. The second-order valence-electron chi connectivity index (χ2n) is 6.19. The predicted octanol–water partition coefficient (Wildman–Crippen LogP) is 1.87. The summed E-state index contributed by atoms with van der Waals surface area (Å²) in [5.41, 5.74) is 6.87. The summed E-state index contributed by atoms with van der Waals surface area (Å²) in [6, 6.07) is 6.50. The number of aromatic nitrogens is 3. The normalized spacial score (nSPS) is 11.9. The Balaban J connectivity index is 2.18. The lowest BCUT2D eigenvalue weighted by Crippen LogP contribution is -2.14. The van der Waals surface area contributed by atoms with E-state index >= 15 is 0 Å². The first-order chi connectivity index (χ1) is 12.9. The van der Waals surface area contributed by atoms with Crippen LogP contribution in [0.5, 0.6) is 0 Å². The molecule has 0 radical (unpaired) electrons. The van der Waals surface area contributed by atoms with Crippen LogP contribution in [0.2, 0.25) is 0 Å². The minimum Gasteiger partial charge on any atom is -0.384 e. The maximum Gasteiger partial charge on any atom is 0.288 e. The monoisotopic (exact) mass is 390 g/mol. The zero-order chi connectivity index (χ0) is 19.6. The number of sulfone groups is 1. The molecule has 9 heteroatoms. The van der Waals surface area contributed by atoms with Crippen LogP contribution in [-0.4, -0.2) is 36.4 Å². The molecule has 0 bridgehead atoms. The second-order valence-corrected chi connectivity index (χ2v) is 8.08. The van der Waals surface area contributed by atoms with Crippen molar-refractivity contribution in [3.63, 3.8) is 0 Å². The second kappa shape index (κ2) is 7.53. The van der Waals surface area contributed by atoms with E-state index in [1.165, 1.54) is 22.9 Å². The standard InChI is InChI=1S/C18H22N4O4S/c1-3-26-10-4-9-22-15-14(11-20-21-18(15)23)16(17(22)19)27(24,25)13-7-5-12(2)6-8-13/h5-8,11H,3-4,9-10,19H2,1-2H3,(H,21,23). The first kappa shape index (κ1) is 19.1. The van der Waals surface area contributed by atoms with Gasteiger partial charge in [0.05, 0.1) is 11.1 Å². The van der Waals surface area contributed by atoms with Crippen LogP contribution in [0.25, 0.3) is 10.9 Å². The Labute approximate surface area is 156 Å². The van der Waals surface area contributed by atoms with Crippen molar-refractivity contribution in [1.29, 1.82) is 0 Å². The molecule has 144 valence electrons. The minimum absolute atomic E-state index is 0.0283. The number of fused-ring (bicyclic) bond motifs is 1. The quantitative estimate of drug-likeness (QED) is 0.594. The topological polar surface area (TPSA) is 120 Å². The van der Waals surface area contributed by atoms with Gasteiger partial charge in [0.2, 0.25) is 9.84 Å². The fourth-order valence-electron chi connectivity index (χ4n) is 3.03. The van der Waals surface area contributed by atoms with Crippen molar-refractivity contribution in [1.82, 2.24) is 14.8 Å². The predicted molar refractivity (Wildman–Crippen MR) is 103 cm³/mol. The van der Waals surface area contributed by atoms with E-state index in [1.54, 1.807) is 12.1 Å². The van der Waals surface area contributed by atoms with Crippen LogP contribution in [0, 0.1) is 6.92 Å². The van der Waals surface area contributed by atoms with Crippen molar-refractivity contribution in [3.8, 4) is 0 Å². The number of hydrogen-bond acceptors (Lipinski definition) is 6. The highest BCUT2D eigenvalue weighted by molar-refractivity contribution is 7.92. The van der Waals surface area contributed by atoms with Crippen LogP contribution < -0.4 is 11.3 Å². The molecule has 3 rings (SSSR count). The molecule has 8 nitrogen and oxygen atoms in total. The molecular weight excluding hydrogens is 368 g/mol. The average molecular weight is 390 g/mol. The lowest BCUT2D eigenvalue weighted by molar-refractivity contribution is 0.142. The van der Waals surface area contributed by atoms with Crippen molar-refractivity contribution >= 4 is 26.6 Å². The highest BCUT2D eigenvalue weighted by atomic mass is 32.2. The van der Waals surface area contributed by atoms with E-state index < -0.39 is 15.4 Å². The van der Waals surface area contributed by atoms with Crippen LogP contribution in [0.15, 0.2) is 45.0 Å². The van der Waals surface area contributed by atoms with Gasteiger partial charge < -0.3 is 15.0 Å². The number of nitrogens with zero attached hydrogens (tertiary/aromatic N) is 2. The number of aromatic amines is 1. The third-order valence-electron chi connectivity index (χ3n) is 4.34. The van der Waals surface area contributed by atoms with E-state index in [1.807, 2.05) is 13.8 Å². The molecule has 0 aliphatic carbocycles. The van der Waals surface area contributed by atoms with E-state index in [9.17, 15) is 13.2 Å². The summed E-state index contributed by atoms with van der Waals surface area (Å²) in [7, 11) is -3.91. The van der Waals surface area contributed by atoms with Crippen LogP contribution in [0.4, 0.5) is 5.82 Å². The smallest absolute Gasteiger partial charge is 0.288 e. The molecule has 0 amide bonds. The molecule has 27 heavy (non-hydrogen) atoms. The first-order valence-electron chi connectivity index (χ1n) is 8.62. The molecule has 2 aromatic heterocycles. The van der Waals surface area contributed by atoms with Gasteiger partial charge in [-0.15, -0.1) is 0 Å². The lowest BCUT2D eigenvalue weighted by Gasteiger charge is -2.09. The van der Waals surface area contributed by atoms with Crippen LogP contribution in [0.1, 0.15) is 18.9 Å². The Morgan fingerprint density at radius 3 is 2.63 bits per heavy atom. The zero-order valence-electron chi connectivity index (χ0n) is 15.2. The van der Waals surface area contributed by atoms with E-state index in [0.29, 0.717) is 26.2 Å². The molecule has 0 atom stereocenters. The average Bonchev–Trinajstić information content (AvgIpc) is 2.92. The maximum atomic E-state index is 13.2. The Kier molecular flexibility index (Phi) is 5.33. The number of nitrogens with one attached hydrogen (secondary N) is 1. The van der Waals surface area contributed by atoms with Crippen LogP contribution in [0.3, 0.4) is 0 Å². The Bertz CT molecular complexity index is 1110. The van der Waals surface area contributed by atoms with Crippen molar-refractivity contribution in [2.45, 2.75) is 36.6 Å². The van der Waals surface area contributed by atoms with E-state index in [4.69, 9.17) is 10.5 Å². The molecule has 0 unspecified atom stereocenters. The Morgan fingerprint density at radius 2 is 1.96 bits per heavy atom. The van der Waals surface area contributed by atoms with Crippen molar-refractivity contribution < 1.29 is 13.2 Å². The SMILES string of the molecule is CCOCCCn1c(N)c(S(=O)(=O)c2ccc(C)cc2)c2cn[nH]c(=O)c21. The Morgan fingerprint density at radius 1 is 1.26 bits per heavy atom. The molecule has 3 N–H and O–H groups in total. The van der Waals surface area contributed by atoms with Crippen LogP contribution in [-0.2, 0) is 21.1 Å². The first-order valence-corrected chi connectivity index (χ1v) is 10.1. The minimum atomic E-state index is -3.91. The van der Waals surface area contributed by atoms with Gasteiger partial charge in [0.1, 0.15) is 16.2 Å². The number of nitrogen functional groups attached to an aromatic ring is 1. The molecule has 1 aromatic carbocycles. The number of anilines is 1. The fraction of sp³-hybridized carbons (Fsp3) is 0.333. The van der Waals surface area contributed by atoms with Crippen LogP contribution >= 0.6 is 0 Å². The highest BCUT2D eigenvalue weighted by Crippen LogP contribution is 2.34. The highest BCUT2D eigenvalue weighted by Gasteiger charge is 2.29. The van der Waals surface area contributed by atoms with Gasteiger partial charge in [0, 0.05) is 25.1 Å². The number of rotatable bonds is 7. The molecule has 0 spiro atoms. The number of ether oxygens (including phenoxy) is 1. The third-order valence-corrected chi connectivity index (χ3v) is 6.20. The number of nitrogens with two attached hydrogens (primary N) is 1. The summed E-state index contributed by atoms with van der Waals surface area (Å²) in [6.45, 7) is 5.19. The van der Waals surface area contributed by atoms with Gasteiger partial charge in [-0.1, -0.05) is 17.7 Å². The Hall–Kier alpha value is -2.65. The molecule has 0 saturated heterocycles. The molecular formula is C18H22N4O4S. The van der Waals surface area contributed by atoms with E-state index in [0.717, 1.165) is 5.56 Å². The van der Waals surface area contributed by atoms with Crippen molar-refractivity contribution in [2.24, 2.45) is 0 Å². The number of benzene rings is 1. The zero-order valence-corrected chi connectivity index (χ0v) is 16.0. The summed E-state index contributed by atoms with van der Waals surface area (Å²) >= 11 is 0. The van der Waals surface area contributed by atoms with Gasteiger partial charge in [-0.2, -0.15) is 5.10 Å². The van der Waals surface area contributed by atoms with E-state index in [-0.39, 0.29) is 26.5 Å². The summed E-state index contributed by atoms with van der Waals surface area (Å²) in [6.07, 6.45) is 1.92. The number of aryl methyl sites for hydroxylation is 2. The van der Waals surface area contributed by atoms with Crippen molar-refractivity contribution in [3.05, 3.63) is 46.4 Å². The summed E-state index contributed by atoms with van der Waals surface area (Å²) < 4.78 is 33.3. The molecule has 0 aliphatic heterocycles. The number of hydrogen-bond donors (Lipinski definition) is 2. The summed E-state index contributed by atoms with van der Waals surface area (Å²) in [5.74, 6) is 0.0283. The van der Waals surface area contributed by atoms with Gasteiger partial charge in [-0.05, 0) is 32.4 Å². The molecule has 3 aromatic rings. The summed E-state index contributed by atoms with van der Waals surface area (Å²) in [5, 5.41) is 6.33. The van der Waals surface area contributed by atoms with Crippen molar-refractivity contribution in [2.75, 3.05) is 18.9 Å². The third kappa shape index (κ3) is 3.47. The van der Waals surface area contributed by atoms with Gasteiger partial charge >= 0.3 is 0 Å². The van der Waals surface area contributed by atoms with E-state index in [2.05, 4.69) is 10.2 Å². The summed E-state index contributed by atoms with van der Waals surface area (Å²) in [4.78, 5) is 12.4. The molecule has 0 saturated carbocycles. The van der Waals surface area contributed by atoms with Gasteiger partial charge in [-0.25, -0.2) is 13.5 Å².